The average molecular weight is 274 g/mol. The maximum atomic E-state index is 5.89. The molecule has 3 heterocycles. The van der Waals surface area contributed by atoms with Crippen molar-refractivity contribution in [2.45, 2.75) is 12.5 Å². The Labute approximate surface area is 108 Å². The summed E-state index contributed by atoms with van der Waals surface area (Å²) >= 11 is 4.54. The van der Waals surface area contributed by atoms with Crippen molar-refractivity contribution in [3.8, 4) is 0 Å². The van der Waals surface area contributed by atoms with E-state index in [1.807, 2.05) is 0 Å². The first-order valence-corrected chi connectivity index (χ1v) is 8.36. The van der Waals surface area contributed by atoms with E-state index in [9.17, 15) is 0 Å². The SMILES string of the molecule is S=C=NCCC[Si]12OCCN(CCO1)CCO2. The summed E-state index contributed by atoms with van der Waals surface area (Å²) in [5, 5.41) is 2.37. The monoisotopic (exact) mass is 274 g/mol. The molecule has 0 aromatic heterocycles. The van der Waals surface area contributed by atoms with Gasteiger partial charge in [-0.2, -0.15) is 0 Å². The van der Waals surface area contributed by atoms with Gasteiger partial charge in [0.1, 0.15) is 0 Å². The maximum Gasteiger partial charge on any atom is 0.501 e. The largest absolute Gasteiger partial charge is 0.501 e. The second-order valence-electron chi connectivity index (χ2n) is 4.15. The number of aliphatic imine (C=N–C) groups is 1. The quantitative estimate of drug-likeness (QED) is 0.328. The molecule has 3 aliphatic rings. The zero-order chi connectivity index (χ0) is 12.0. The van der Waals surface area contributed by atoms with E-state index in [0.717, 1.165) is 32.1 Å². The fourth-order valence-corrected chi connectivity index (χ4v) is 4.66. The highest BCUT2D eigenvalue weighted by Crippen LogP contribution is 2.21. The van der Waals surface area contributed by atoms with Crippen molar-refractivity contribution in [2.24, 2.45) is 4.99 Å². The van der Waals surface area contributed by atoms with Gasteiger partial charge in [0, 0.05) is 32.2 Å². The zero-order valence-electron chi connectivity index (χ0n) is 9.89. The lowest BCUT2D eigenvalue weighted by Gasteiger charge is -2.38. The molecule has 0 saturated carbocycles. The van der Waals surface area contributed by atoms with Gasteiger partial charge in [-0.3, -0.25) is 4.90 Å². The van der Waals surface area contributed by atoms with Gasteiger partial charge in [0.15, 0.2) is 0 Å². The molecule has 0 spiro atoms. The summed E-state index contributed by atoms with van der Waals surface area (Å²) in [5.41, 5.74) is 0. The van der Waals surface area contributed by atoms with Gasteiger partial charge < -0.3 is 13.3 Å². The minimum Gasteiger partial charge on any atom is -0.372 e. The van der Waals surface area contributed by atoms with Gasteiger partial charge in [-0.05, 0) is 18.6 Å². The van der Waals surface area contributed by atoms with Crippen LogP contribution in [-0.4, -0.2) is 64.9 Å². The maximum absolute atomic E-state index is 5.89. The molecule has 0 unspecified atom stereocenters. The van der Waals surface area contributed by atoms with E-state index in [0.29, 0.717) is 26.4 Å². The molecule has 0 N–H and O–H groups in total. The van der Waals surface area contributed by atoms with E-state index in [1.165, 1.54) is 0 Å². The molecule has 2 bridgehead atoms. The number of isothiocyanates is 1. The lowest BCUT2D eigenvalue weighted by atomic mass is 10.4. The van der Waals surface area contributed by atoms with Crippen molar-refractivity contribution in [2.75, 3.05) is 46.0 Å². The Balaban J connectivity index is 1.91. The summed E-state index contributed by atoms with van der Waals surface area (Å²) in [6, 6.07) is 0.827. The van der Waals surface area contributed by atoms with Crippen LogP contribution in [0.1, 0.15) is 6.42 Å². The Morgan fingerprint density at radius 3 is 2.24 bits per heavy atom. The molecule has 0 amide bonds. The van der Waals surface area contributed by atoms with Gasteiger partial charge in [0.2, 0.25) is 0 Å². The zero-order valence-corrected chi connectivity index (χ0v) is 11.7. The van der Waals surface area contributed by atoms with Crippen molar-refractivity contribution in [1.29, 1.82) is 0 Å². The second kappa shape index (κ2) is 6.70. The number of fused-ring (bicyclic) bond motifs is 6. The fourth-order valence-electron chi connectivity index (χ4n) is 2.09. The first kappa shape index (κ1) is 13.3. The molecular formula is C10H18N2O3SSi. The van der Waals surface area contributed by atoms with Crippen molar-refractivity contribution < 1.29 is 13.3 Å². The summed E-state index contributed by atoms with van der Waals surface area (Å²) in [4.78, 5) is 6.22. The third kappa shape index (κ3) is 3.92. The Hall–Kier alpha value is -0.143. The smallest absolute Gasteiger partial charge is 0.372 e. The lowest BCUT2D eigenvalue weighted by Crippen LogP contribution is -2.55. The van der Waals surface area contributed by atoms with Crippen LogP contribution in [0.3, 0.4) is 0 Å². The Kier molecular flexibility index (Phi) is 5.24. The highest BCUT2D eigenvalue weighted by Gasteiger charge is 2.43. The summed E-state index contributed by atoms with van der Waals surface area (Å²) < 4.78 is 17.7. The van der Waals surface area contributed by atoms with Crippen LogP contribution in [0.15, 0.2) is 4.99 Å². The molecule has 3 aliphatic heterocycles. The van der Waals surface area contributed by atoms with E-state index in [2.05, 4.69) is 27.3 Å². The number of hydrogen-bond acceptors (Lipinski definition) is 6. The van der Waals surface area contributed by atoms with Gasteiger partial charge in [-0.25, -0.2) is 4.99 Å². The van der Waals surface area contributed by atoms with E-state index in [1.54, 1.807) is 0 Å². The molecule has 17 heavy (non-hydrogen) atoms. The molecule has 3 fully saturated rings. The predicted octanol–water partition coefficient (Wildman–Crippen LogP) is 0.797. The first-order valence-electron chi connectivity index (χ1n) is 6.02. The molecule has 0 aliphatic carbocycles. The Morgan fingerprint density at radius 1 is 1.12 bits per heavy atom. The molecular weight excluding hydrogens is 256 g/mol. The highest BCUT2D eigenvalue weighted by molar-refractivity contribution is 7.78. The standard InChI is InChI=1S/C10H18N2O3SSi/c16-10-11-2-1-9-17-13-6-3-12(4-7-14-17)5-8-15-17/h1-9H2. The molecule has 7 heteroatoms. The van der Waals surface area contributed by atoms with Crippen LogP contribution in [0.2, 0.25) is 6.04 Å². The van der Waals surface area contributed by atoms with Crippen molar-refractivity contribution >= 4 is 26.2 Å². The third-order valence-electron chi connectivity index (χ3n) is 3.01. The van der Waals surface area contributed by atoms with Gasteiger partial charge >= 0.3 is 8.80 Å². The lowest BCUT2D eigenvalue weighted by molar-refractivity contribution is -0.00841. The predicted molar refractivity (Wildman–Crippen MR) is 69.4 cm³/mol. The molecule has 0 atom stereocenters. The van der Waals surface area contributed by atoms with Gasteiger partial charge in [0.05, 0.1) is 25.0 Å². The molecule has 3 rings (SSSR count). The van der Waals surface area contributed by atoms with E-state index in [4.69, 9.17) is 13.3 Å². The molecule has 0 aromatic rings. The van der Waals surface area contributed by atoms with Crippen LogP contribution in [0.5, 0.6) is 0 Å². The molecule has 3 saturated heterocycles. The minimum absolute atomic E-state index is 0.681. The summed E-state index contributed by atoms with van der Waals surface area (Å²) in [6.07, 6.45) is 0.888. The van der Waals surface area contributed by atoms with E-state index in [-0.39, 0.29) is 0 Å². The number of rotatable bonds is 4. The van der Waals surface area contributed by atoms with Crippen LogP contribution in [0.4, 0.5) is 0 Å². The van der Waals surface area contributed by atoms with Crippen molar-refractivity contribution in [1.82, 2.24) is 4.90 Å². The molecule has 5 nitrogen and oxygen atoms in total. The van der Waals surface area contributed by atoms with Crippen LogP contribution in [0, 0.1) is 0 Å². The number of nitrogens with zero attached hydrogens (tertiary/aromatic N) is 2. The molecule has 96 valence electrons. The van der Waals surface area contributed by atoms with Crippen molar-refractivity contribution in [3.05, 3.63) is 0 Å². The van der Waals surface area contributed by atoms with Crippen LogP contribution < -0.4 is 0 Å². The first-order chi connectivity index (χ1) is 8.35. The number of thiocarbonyl (C=S) groups is 1. The van der Waals surface area contributed by atoms with Gasteiger partial charge in [-0.15, -0.1) is 0 Å². The fraction of sp³-hybridized carbons (Fsp3) is 0.900. The van der Waals surface area contributed by atoms with Crippen LogP contribution >= 0.6 is 12.2 Å². The third-order valence-corrected chi connectivity index (χ3v) is 6.03. The highest BCUT2D eigenvalue weighted by atomic mass is 32.1. The van der Waals surface area contributed by atoms with Gasteiger partial charge in [-0.1, -0.05) is 0 Å². The van der Waals surface area contributed by atoms with Crippen molar-refractivity contribution in [3.63, 3.8) is 0 Å². The minimum atomic E-state index is -2.43. The average Bonchev–Trinajstić information content (AvgIpc) is 2.25. The van der Waals surface area contributed by atoms with Crippen LogP contribution in [0.25, 0.3) is 0 Å². The van der Waals surface area contributed by atoms with Gasteiger partial charge in [0.25, 0.3) is 0 Å². The number of hydrogen-bond donors (Lipinski definition) is 0. The summed E-state index contributed by atoms with van der Waals surface area (Å²) in [7, 11) is -2.43. The normalized spacial score (nSPS) is 33.3. The summed E-state index contributed by atoms with van der Waals surface area (Å²) in [5.74, 6) is 0. The molecule has 0 radical (unpaired) electrons. The second-order valence-corrected chi connectivity index (χ2v) is 7.06. The molecule has 0 aromatic carbocycles. The summed E-state index contributed by atoms with van der Waals surface area (Å²) in [6.45, 7) is 5.77. The van der Waals surface area contributed by atoms with E-state index >= 15 is 0 Å². The van der Waals surface area contributed by atoms with Crippen LogP contribution in [-0.2, 0) is 13.3 Å². The Morgan fingerprint density at radius 2 is 1.71 bits per heavy atom. The topological polar surface area (TPSA) is 43.3 Å². The Bertz CT molecular complexity index is 273. The van der Waals surface area contributed by atoms with E-state index < -0.39 is 8.80 Å².